The Morgan fingerprint density at radius 2 is 1.79 bits per heavy atom. The summed E-state index contributed by atoms with van der Waals surface area (Å²) in [6.45, 7) is 4.42. The van der Waals surface area contributed by atoms with Crippen molar-refractivity contribution in [1.29, 1.82) is 0 Å². The number of halogens is 3. The van der Waals surface area contributed by atoms with Crippen LogP contribution in [0, 0.1) is 5.92 Å². The minimum absolute atomic E-state index is 0.0383. The standard InChI is InChI=1S/C25H28F3NO4/c1-4-29(24(31)17-10-11-17)15-18-8-6-7-9-19(18)20-12-16(14-22(30)33-5-2)13-21(23(20)32-3)25(26,27)28/h6-9,12-13,17H,4-5,10-11,14-15H2,1-3H3. The van der Waals surface area contributed by atoms with Gasteiger partial charge in [0, 0.05) is 24.6 Å². The summed E-state index contributed by atoms with van der Waals surface area (Å²) in [5.74, 6) is -0.830. The second kappa shape index (κ2) is 10.3. The smallest absolute Gasteiger partial charge is 0.419 e. The number of esters is 1. The van der Waals surface area contributed by atoms with Crippen molar-refractivity contribution in [3.05, 3.63) is 53.1 Å². The van der Waals surface area contributed by atoms with Crippen LogP contribution in [0.5, 0.6) is 5.75 Å². The molecule has 0 aromatic heterocycles. The van der Waals surface area contributed by atoms with Crippen molar-refractivity contribution in [2.75, 3.05) is 20.3 Å². The summed E-state index contributed by atoms with van der Waals surface area (Å²) in [4.78, 5) is 26.3. The molecule has 0 atom stereocenters. The molecular weight excluding hydrogens is 435 g/mol. The lowest BCUT2D eigenvalue weighted by Crippen LogP contribution is -2.31. The largest absolute Gasteiger partial charge is 0.495 e. The van der Waals surface area contributed by atoms with Crippen molar-refractivity contribution in [1.82, 2.24) is 4.90 Å². The molecule has 178 valence electrons. The van der Waals surface area contributed by atoms with Crippen LogP contribution >= 0.6 is 0 Å². The van der Waals surface area contributed by atoms with E-state index in [1.807, 2.05) is 6.92 Å². The Labute approximate surface area is 191 Å². The number of carbonyl (C=O) groups is 2. The summed E-state index contributed by atoms with van der Waals surface area (Å²) >= 11 is 0. The summed E-state index contributed by atoms with van der Waals surface area (Å²) in [5, 5.41) is 0. The summed E-state index contributed by atoms with van der Waals surface area (Å²) in [6.07, 6.45) is -3.24. The molecule has 8 heteroatoms. The van der Waals surface area contributed by atoms with E-state index in [1.165, 1.54) is 13.2 Å². The molecule has 2 aromatic rings. The van der Waals surface area contributed by atoms with Gasteiger partial charge in [-0.05, 0) is 55.5 Å². The molecule has 3 rings (SSSR count). The Bertz CT molecular complexity index is 1020. The van der Waals surface area contributed by atoms with Crippen molar-refractivity contribution in [3.63, 3.8) is 0 Å². The van der Waals surface area contributed by atoms with Crippen LogP contribution in [0.1, 0.15) is 43.4 Å². The van der Waals surface area contributed by atoms with Crippen molar-refractivity contribution < 1.29 is 32.2 Å². The Morgan fingerprint density at radius 1 is 1.09 bits per heavy atom. The number of hydrogen-bond acceptors (Lipinski definition) is 4. The van der Waals surface area contributed by atoms with Crippen LogP contribution in [0.2, 0.25) is 0 Å². The fourth-order valence-electron chi connectivity index (χ4n) is 3.86. The maximum absolute atomic E-state index is 13.9. The molecular formula is C25H28F3NO4. The predicted octanol–water partition coefficient (Wildman–Crippen LogP) is 5.25. The van der Waals surface area contributed by atoms with Crippen molar-refractivity contribution in [2.24, 2.45) is 5.92 Å². The Morgan fingerprint density at radius 3 is 2.36 bits per heavy atom. The van der Waals surface area contributed by atoms with Gasteiger partial charge in [-0.3, -0.25) is 9.59 Å². The van der Waals surface area contributed by atoms with Crippen molar-refractivity contribution in [2.45, 2.75) is 45.8 Å². The Kier molecular flexibility index (Phi) is 7.66. The third kappa shape index (κ3) is 5.86. The number of ether oxygens (including phenoxy) is 2. The van der Waals surface area contributed by atoms with Crippen molar-refractivity contribution in [3.8, 4) is 16.9 Å². The molecule has 0 N–H and O–H groups in total. The highest BCUT2D eigenvalue weighted by molar-refractivity contribution is 5.82. The molecule has 0 radical (unpaired) electrons. The maximum Gasteiger partial charge on any atom is 0.419 e. The molecule has 5 nitrogen and oxygen atoms in total. The van der Waals surface area contributed by atoms with Crippen LogP contribution in [0.15, 0.2) is 36.4 Å². The van der Waals surface area contributed by atoms with Crippen LogP contribution in [0.3, 0.4) is 0 Å². The van der Waals surface area contributed by atoms with Gasteiger partial charge in [-0.15, -0.1) is 0 Å². The van der Waals surface area contributed by atoms with E-state index in [9.17, 15) is 22.8 Å². The number of methoxy groups -OCH3 is 1. The first-order valence-corrected chi connectivity index (χ1v) is 11.0. The molecule has 1 fully saturated rings. The fraction of sp³-hybridized carbons (Fsp3) is 0.440. The highest BCUT2D eigenvalue weighted by Crippen LogP contribution is 2.44. The lowest BCUT2D eigenvalue weighted by molar-refractivity contribution is -0.143. The highest BCUT2D eigenvalue weighted by atomic mass is 19.4. The molecule has 1 aliphatic carbocycles. The first-order chi connectivity index (χ1) is 15.7. The number of hydrogen-bond donors (Lipinski definition) is 0. The van der Waals surface area contributed by atoms with Gasteiger partial charge in [-0.2, -0.15) is 13.2 Å². The predicted molar refractivity (Wildman–Crippen MR) is 118 cm³/mol. The van der Waals surface area contributed by atoms with E-state index in [2.05, 4.69) is 0 Å². The van der Waals surface area contributed by atoms with Gasteiger partial charge in [-0.25, -0.2) is 0 Å². The second-order valence-corrected chi connectivity index (χ2v) is 7.99. The van der Waals surface area contributed by atoms with E-state index in [4.69, 9.17) is 9.47 Å². The third-order valence-electron chi connectivity index (χ3n) is 5.60. The Hall–Kier alpha value is -3.03. The molecule has 0 aliphatic heterocycles. The van der Waals surface area contributed by atoms with Crippen LogP contribution < -0.4 is 4.74 Å². The average molecular weight is 463 g/mol. The van der Waals surface area contributed by atoms with Crippen LogP contribution in [-0.2, 0) is 33.5 Å². The number of benzene rings is 2. The van der Waals surface area contributed by atoms with Crippen LogP contribution in [0.4, 0.5) is 13.2 Å². The zero-order valence-electron chi connectivity index (χ0n) is 19.0. The van der Waals surface area contributed by atoms with Gasteiger partial charge < -0.3 is 14.4 Å². The third-order valence-corrected chi connectivity index (χ3v) is 5.60. The fourth-order valence-corrected chi connectivity index (χ4v) is 3.86. The molecule has 0 spiro atoms. The van der Waals surface area contributed by atoms with E-state index in [-0.39, 0.29) is 48.3 Å². The lowest BCUT2D eigenvalue weighted by Gasteiger charge is -2.24. The number of alkyl halides is 3. The van der Waals surface area contributed by atoms with Gasteiger partial charge in [0.15, 0.2) is 0 Å². The van der Waals surface area contributed by atoms with Gasteiger partial charge in [0.2, 0.25) is 5.91 Å². The SMILES string of the molecule is CCOC(=O)Cc1cc(-c2ccccc2CN(CC)C(=O)C2CC2)c(OC)c(C(F)(F)F)c1. The van der Waals surface area contributed by atoms with Crippen molar-refractivity contribution >= 4 is 11.9 Å². The minimum Gasteiger partial charge on any atom is -0.495 e. The molecule has 0 saturated heterocycles. The molecule has 2 aromatic carbocycles. The molecule has 1 aliphatic rings. The average Bonchev–Trinajstić information content (AvgIpc) is 3.61. The zero-order valence-corrected chi connectivity index (χ0v) is 19.0. The molecule has 1 amide bonds. The monoisotopic (exact) mass is 463 g/mol. The summed E-state index contributed by atoms with van der Waals surface area (Å²) in [7, 11) is 1.19. The van der Waals surface area contributed by atoms with E-state index in [0.29, 0.717) is 17.7 Å². The van der Waals surface area contributed by atoms with Gasteiger partial charge in [0.05, 0.1) is 25.7 Å². The summed E-state index contributed by atoms with van der Waals surface area (Å²) in [5.41, 5.74) is 0.656. The van der Waals surface area contributed by atoms with Crippen LogP contribution in [-0.4, -0.2) is 37.0 Å². The second-order valence-electron chi connectivity index (χ2n) is 7.99. The Balaban J connectivity index is 2.10. The van der Waals surface area contributed by atoms with E-state index < -0.39 is 17.7 Å². The number of carbonyl (C=O) groups excluding carboxylic acids is 2. The highest BCUT2D eigenvalue weighted by Gasteiger charge is 2.37. The van der Waals surface area contributed by atoms with E-state index in [0.717, 1.165) is 18.9 Å². The molecule has 0 heterocycles. The first-order valence-electron chi connectivity index (χ1n) is 11.0. The number of amides is 1. The minimum atomic E-state index is -4.68. The van der Waals surface area contributed by atoms with Gasteiger partial charge in [0.1, 0.15) is 5.75 Å². The van der Waals surface area contributed by atoms with Gasteiger partial charge in [-0.1, -0.05) is 24.3 Å². The molecule has 0 bridgehead atoms. The normalized spacial score (nSPS) is 13.5. The quantitative estimate of drug-likeness (QED) is 0.477. The van der Waals surface area contributed by atoms with Gasteiger partial charge >= 0.3 is 12.1 Å². The summed E-state index contributed by atoms with van der Waals surface area (Å²) in [6, 6.07) is 9.47. The zero-order chi connectivity index (χ0) is 24.2. The van der Waals surface area contributed by atoms with E-state index >= 15 is 0 Å². The lowest BCUT2D eigenvalue weighted by atomic mass is 9.93. The van der Waals surface area contributed by atoms with Gasteiger partial charge in [0.25, 0.3) is 0 Å². The topological polar surface area (TPSA) is 55.8 Å². The summed E-state index contributed by atoms with van der Waals surface area (Å²) < 4.78 is 51.9. The molecule has 0 unspecified atom stereocenters. The maximum atomic E-state index is 13.9. The van der Waals surface area contributed by atoms with Crippen LogP contribution in [0.25, 0.3) is 11.1 Å². The molecule has 33 heavy (non-hydrogen) atoms. The molecule has 1 saturated carbocycles. The first kappa shape index (κ1) is 24.6. The number of rotatable bonds is 9. The number of nitrogens with zero attached hydrogens (tertiary/aromatic N) is 1. The van der Waals surface area contributed by atoms with E-state index in [1.54, 1.807) is 36.1 Å².